The zero-order valence-electron chi connectivity index (χ0n) is 13.2. The highest BCUT2D eigenvalue weighted by Gasteiger charge is 2.58. The van der Waals surface area contributed by atoms with E-state index >= 15 is 0 Å². The number of carboxylic acids is 1. The summed E-state index contributed by atoms with van der Waals surface area (Å²) in [7, 11) is 0. The van der Waals surface area contributed by atoms with Crippen molar-refractivity contribution in [1.82, 2.24) is 19.8 Å². The first-order valence-electron chi connectivity index (χ1n) is 7.51. The van der Waals surface area contributed by atoms with E-state index in [1.165, 1.54) is 18.7 Å². The van der Waals surface area contributed by atoms with Crippen LogP contribution in [0.1, 0.15) is 12.5 Å². The highest BCUT2D eigenvalue weighted by Crippen LogP contribution is 2.43. The summed E-state index contributed by atoms with van der Waals surface area (Å²) in [6, 6.07) is 0. The van der Waals surface area contributed by atoms with Crippen LogP contribution in [-0.2, 0) is 16.1 Å². The molecule has 2 aliphatic rings. The molecule has 0 radical (unpaired) electrons. The minimum Gasteiger partial charge on any atom is -0.481 e. The maximum Gasteiger partial charge on any atom is 0.313 e. The number of fused-ring (bicyclic) bond motifs is 1. The first-order chi connectivity index (χ1) is 10.9. The van der Waals surface area contributed by atoms with E-state index in [-0.39, 0.29) is 11.8 Å². The summed E-state index contributed by atoms with van der Waals surface area (Å²) in [5.74, 6) is -0.870. The third-order valence-corrected chi connectivity index (χ3v) is 5.40. The zero-order chi connectivity index (χ0) is 16.6. The maximum atomic E-state index is 11.9. The number of aliphatic carboxylic acids is 1. The van der Waals surface area contributed by atoms with Crippen molar-refractivity contribution < 1.29 is 14.7 Å². The monoisotopic (exact) mass is 336 g/mol. The van der Waals surface area contributed by atoms with Gasteiger partial charge in [-0.05, 0) is 6.26 Å². The van der Waals surface area contributed by atoms with Crippen molar-refractivity contribution in [3.05, 3.63) is 18.0 Å². The molecule has 0 saturated carbocycles. The second kappa shape index (κ2) is 6.09. The molecule has 3 rings (SSSR count). The van der Waals surface area contributed by atoms with Gasteiger partial charge in [0, 0.05) is 63.5 Å². The molecule has 3 heterocycles. The van der Waals surface area contributed by atoms with E-state index in [0.29, 0.717) is 32.7 Å². The van der Waals surface area contributed by atoms with Crippen molar-refractivity contribution in [2.45, 2.75) is 18.6 Å². The minimum atomic E-state index is -0.842. The van der Waals surface area contributed by atoms with Gasteiger partial charge in [-0.15, -0.1) is 0 Å². The van der Waals surface area contributed by atoms with Crippen LogP contribution in [0.3, 0.4) is 0 Å². The fraction of sp³-hybridized carbons (Fsp3) is 0.600. The van der Waals surface area contributed by atoms with E-state index in [1.54, 1.807) is 17.3 Å². The number of nitrogens with zero attached hydrogens (tertiary/aromatic N) is 4. The molecule has 2 fully saturated rings. The van der Waals surface area contributed by atoms with Gasteiger partial charge in [-0.2, -0.15) is 0 Å². The molecular formula is C15H20N4O3S. The summed E-state index contributed by atoms with van der Waals surface area (Å²) >= 11 is 1.49. The molecule has 1 aromatic rings. The predicted molar refractivity (Wildman–Crippen MR) is 84.9 cm³/mol. The first-order valence-corrected chi connectivity index (χ1v) is 8.73. The number of rotatable bonds is 4. The third-order valence-electron chi connectivity index (χ3n) is 4.82. The molecule has 0 aromatic carbocycles. The Kier molecular flexibility index (Phi) is 4.29. The van der Waals surface area contributed by atoms with E-state index in [0.717, 1.165) is 10.7 Å². The van der Waals surface area contributed by atoms with Crippen LogP contribution in [0.4, 0.5) is 0 Å². The Hall–Kier alpha value is -1.67. The van der Waals surface area contributed by atoms with Crippen LogP contribution < -0.4 is 0 Å². The van der Waals surface area contributed by atoms with Gasteiger partial charge in [0.25, 0.3) is 0 Å². The van der Waals surface area contributed by atoms with Crippen molar-refractivity contribution in [2.75, 3.05) is 32.4 Å². The van der Waals surface area contributed by atoms with Crippen molar-refractivity contribution in [3.63, 3.8) is 0 Å². The average molecular weight is 336 g/mol. The first kappa shape index (κ1) is 16.2. The molecule has 1 amide bonds. The quantitative estimate of drug-likeness (QED) is 0.635. The number of carbonyl (C=O) groups is 2. The summed E-state index contributed by atoms with van der Waals surface area (Å²) < 4.78 is 0. The molecule has 2 aliphatic heterocycles. The maximum absolute atomic E-state index is 11.9. The van der Waals surface area contributed by atoms with Gasteiger partial charge in [0.2, 0.25) is 5.91 Å². The van der Waals surface area contributed by atoms with Crippen molar-refractivity contribution >= 4 is 23.6 Å². The Labute approximate surface area is 139 Å². The van der Waals surface area contributed by atoms with Gasteiger partial charge >= 0.3 is 5.97 Å². The van der Waals surface area contributed by atoms with Gasteiger partial charge in [-0.3, -0.25) is 14.5 Å². The lowest BCUT2D eigenvalue weighted by Gasteiger charge is -2.25. The molecule has 124 valence electrons. The van der Waals surface area contributed by atoms with Crippen LogP contribution in [0.25, 0.3) is 0 Å². The standard InChI is InChI=1S/C15H20N4O3S/c1-10(20)19-7-12-6-18(8-15(12,9-19)13(21)22)5-11-3-16-14(23-2)17-4-11/h3-4,12H,5-9H2,1-2H3,(H,21,22)/t12?,15-/m1/s1. The highest BCUT2D eigenvalue weighted by molar-refractivity contribution is 7.98. The number of carboxylic acid groups (broad SMARTS) is 1. The lowest BCUT2D eigenvalue weighted by atomic mass is 9.81. The average Bonchev–Trinajstić information content (AvgIpc) is 3.03. The van der Waals surface area contributed by atoms with Crippen LogP contribution >= 0.6 is 11.8 Å². The Morgan fingerprint density at radius 1 is 1.35 bits per heavy atom. The number of thioether (sulfide) groups is 1. The predicted octanol–water partition coefficient (Wildman–Crippen LogP) is 0.563. The third kappa shape index (κ3) is 2.92. The summed E-state index contributed by atoms with van der Waals surface area (Å²) in [6.07, 6.45) is 5.51. The molecule has 2 saturated heterocycles. The van der Waals surface area contributed by atoms with Crippen LogP contribution in [-0.4, -0.2) is 69.2 Å². The van der Waals surface area contributed by atoms with Gasteiger partial charge < -0.3 is 10.0 Å². The van der Waals surface area contributed by atoms with Crippen LogP contribution in [0, 0.1) is 11.3 Å². The van der Waals surface area contributed by atoms with E-state index < -0.39 is 11.4 Å². The SMILES string of the molecule is CSc1ncc(CN2CC3CN(C(C)=O)C[C@]3(C(=O)O)C2)cn1. The molecular weight excluding hydrogens is 316 g/mol. The second-order valence-corrected chi connectivity index (χ2v) is 7.08. The molecule has 0 bridgehead atoms. The number of hydrogen-bond acceptors (Lipinski definition) is 6. The number of hydrogen-bond donors (Lipinski definition) is 1. The Bertz CT molecular complexity index is 624. The molecule has 1 unspecified atom stereocenters. The Balaban J connectivity index is 1.71. The Morgan fingerprint density at radius 2 is 2.04 bits per heavy atom. The minimum absolute atomic E-state index is 0.0183. The molecule has 8 heteroatoms. The lowest BCUT2D eigenvalue weighted by Crippen LogP contribution is -2.41. The molecule has 7 nitrogen and oxygen atoms in total. The fourth-order valence-electron chi connectivity index (χ4n) is 3.62. The summed E-state index contributed by atoms with van der Waals surface area (Å²) in [6.45, 7) is 4.11. The van der Waals surface area contributed by atoms with Crippen LogP contribution in [0.15, 0.2) is 17.6 Å². The smallest absolute Gasteiger partial charge is 0.313 e. The van der Waals surface area contributed by atoms with Gasteiger partial charge in [0.15, 0.2) is 5.16 Å². The second-order valence-electron chi connectivity index (χ2n) is 6.31. The molecule has 2 atom stereocenters. The van der Waals surface area contributed by atoms with Crippen LogP contribution in [0.2, 0.25) is 0 Å². The molecule has 1 aromatic heterocycles. The molecule has 23 heavy (non-hydrogen) atoms. The van der Waals surface area contributed by atoms with Gasteiger partial charge in [0.1, 0.15) is 5.41 Å². The normalized spacial score (nSPS) is 27.2. The summed E-state index contributed by atoms with van der Waals surface area (Å²) in [4.78, 5) is 35.7. The number of amides is 1. The van der Waals surface area contributed by atoms with E-state index in [4.69, 9.17) is 0 Å². The molecule has 0 aliphatic carbocycles. The number of likely N-dealkylation sites (tertiary alicyclic amines) is 2. The zero-order valence-corrected chi connectivity index (χ0v) is 14.0. The van der Waals surface area contributed by atoms with E-state index in [9.17, 15) is 14.7 Å². The van der Waals surface area contributed by atoms with Gasteiger partial charge in [-0.1, -0.05) is 11.8 Å². The Morgan fingerprint density at radius 3 is 2.57 bits per heavy atom. The summed E-state index contributed by atoms with van der Waals surface area (Å²) in [5.41, 5.74) is 0.137. The molecule has 1 N–H and O–H groups in total. The largest absolute Gasteiger partial charge is 0.481 e. The topological polar surface area (TPSA) is 86.6 Å². The number of carbonyl (C=O) groups excluding carboxylic acids is 1. The summed E-state index contributed by atoms with van der Waals surface area (Å²) in [5, 5.41) is 10.5. The van der Waals surface area contributed by atoms with E-state index in [2.05, 4.69) is 14.9 Å². The lowest BCUT2D eigenvalue weighted by molar-refractivity contribution is -0.149. The van der Waals surface area contributed by atoms with E-state index in [1.807, 2.05) is 6.26 Å². The van der Waals surface area contributed by atoms with Crippen molar-refractivity contribution in [2.24, 2.45) is 11.3 Å². The van der Waals surface area contributed by atoms with Gasteiger partial charge in [0.05, 0.1) is 0 Å². The number of aromatic nitrogens is 2. The van der Waals surface area contributed by atoms with Crippen molar-refractivity contribution in [3.8, 4) is 0 Å². The highest BCUT2D eigenvalue weighted by atomic mass is 32.2. The fourth-order valence-corrected chi connectivity index (χ4v) is 3.94. The molecule has 0 spiro atoms. The van der Waals surface area contributed by atoms with Crippen LogP contribution in [0.5, 0.6) is 0 Å². The van der Waals surface area contributed by atoms with Crippen molar-refractivity contribution in [1.29, 1.82) is 0 Å². The van der Waals surface area contributed by atoms with Gasteiger partial charge in [-0.25, -0.2) is 9.97 Å².